The first-order valence-electron chi connectivity index (χ1n) is 8.86. The second-order valence-electron chi connectivity index (χ2n) is 6.48. The van der Waals surface area contributed by atoms with Gasteiger partial charge in [0.05, 0.1) is 6.10 Å². The summed E-state index contributed by atoms with van der Waals surface area (Å²) in [5.74, 6) is -0.0161. The number of carbonyl (C=O) groups excluding carboxylic acids is 1. The number of ether oxygens (including phenoxy) is 1. The van der Waals surface area contributed by atoms with Crippen molar-refractivity contribution in [2.75, 3.05) is 13.2 Å². The van der Waals surface area contributed by atoms with Crippen molar-refractivity contribution in [3.05, 3.63) is 54.4 Å². The summed E-state index contributed by atoms with van der Waals surface area (Å²) in [6, 6.07) is 11.5. The molecular weight excluding hydrogens is 330 g/mol. The lowest BCUT2D eigenvalue weighted by Gasteiger charge is -2.25. The lowest BCUT2D eigenvalue weighted by atomic mass is 10.2. The molecule has 0 unspecified atom stereocenters. The Balaban J connectivity index is 1.50. The van der Waals surface area contributed by atoms with Gasteiger partial charge in [0.25, 0.3) is 0 Å². The van der Waals surface area contributed by atoms with Gasteiger partial charge in [0.2, 0.25) is 5.91 Å². The van der Waals surface area contributed by atoms with Crippen LogP contribution in [0.5, 0.6) is 0 Å². The topological polar surface area (TPSA) is 73.1 Å². The molecule has 7 nitrogen and oxygen atoms in total. The molecule has 0 N–H and O–H groups in total. The summed E-state index contributed by atoms with van der Waals surface area (Å²) in [5.41, 5.74) is 2.63. The van der Waals surface area contributed by atoms with Gasteiger partial charge in [-0.1, -0.05) is 12.1 Å². The molecule has 1 fully saturated rings. The standard InChI is InChI=1S/C19H21N5O2/c25-19(14-24-21-17-5-1-2-6-18(17)22-24)23(13-16-4-3-11-26-16)12-15-7-9-20-10-8-15/h1-2,5-10,16H,3-4,11-14H2/t16-/m0/s1. The first kappa shape index (κ1) is 16.7. The maximum absolute atomic E-state index is 12.9. The zero-order chi connectivity index (χ0) is 17.8. The fourth-order valence-corrected chi connectivity index (χ4v) is 3.19. The highest BCUT2D eigenvalue weighted by Crippen LogP contribution is 2.16. The first-order chi connectivity index (χ1) is 12.8. The Hall–Kier alpha value is -2.80. The minimum atomic E-state index is -0.0161. The molecule has 4 rings (SSSR count). The molecule has 3 aromatic rings. The van der Waals surface area contributed by atoms with Crippen LogP contribution in [0.15, 0.2) is 48.8 Å². The second-order valence-corrected chi connectivity index (χ2v) is 6.48. The van der Waals surface area contributed by atoms with Gasteiger partial charge in [-0.05, 0) is 42.7 Å². The van der Waals surface area contributed by atoms with Gasteiger partial charge in [-0.25, -0.2) is 0 Å². The molecule has 2 aromatic heterocycles. The molecule has 1 aliphatic rings. The Morgan fingerprint density at radius 1 is 1.15 bits per heavy atom. The highest BCUT2D eigenvalue weighted by Gasteiger charge is 2.23. The van der Waals surface area contributed by atoms with Crippen LogP contribution >= 0.6 is 0 Å². The van der Waals surface area contributed by atoms with Crippen LogP contribution in [0.2, 0.25) is 0 Å². The quantitative estimate of drug-likeness (QED) is 0.679. The Labute approximate surface area is 151 Å². The molecule has 1 aromatic carbocycles. The number of benzene rings is 1. The molecule has 0 saturated carbocycles. The zero-order valence-corrected chi connectivity index (χ0v) is 14.5. The van der Waals surface area contributed by atoms with Gasteiger partial charge < -0.3 is 9.64 Å². The maximum atomic E-state index is 12.9. The molecule has 0 spiro atoms. The summed E-state index contributed by atoms with van der Waals surface area (Å²) in [4.78, 5) is 20.3. The van der Waals surface area contributed by atoms with Crippen LogP contribution in [0.25, 0.3) is 11.0 Å². The number of aromatic nitrogens is 4. The van der Waals surface area contributed by atoms with Crippen LogP contribution in [0, 0.1) is 0 Å². The van der Waals surface area contributed by atoms with Gasteiger partial charge in [-0.2, -0.15) is 15.0 Å². The molecule has 3 heterocycles. The van der Waals surface area contributed by atoms with Crippen molar-refractivity contribution in [2.24, 2.45) is 0 Å². The van der Waals surface area contributed by atoms with E-state index in [1.807, 2.05) is 41.3 Å². The number of hydrogen-bond donors (Lipinski definition) is 0. The first-order valence-corrected chi connectivity index (χ1v) is 8.86. The van der Waals surface area contributed by atoms with Crippen LogP contribution < -0.4 is 0 Å². The van der Waals surface area contributed by atoms with Crippen molar-refractivity contribution >= 4 is 16.9 Å². The lowest BCUT2D eigenvalue weighted by Crippen LogP contribution is -2.39. The van der Waals surface area contributed by atoms with Gasteiger partial charge >= 0.3 is 0 Å². The number of hydrogen-bond acceptors (Lipinski definition) is 5. The summed E-state index contributed by atoms with van der Waals surface area (Å²) >= 11 is 0. The predicted octanol–water partition coefficient (Wildman–Crippen LogP) is 2.03. The van der Waals surface area contributed by atoms with E-state index in [1.54, 1.807) is 12.4 Å². The second kappa shape index (κ2) is 7.61. The summed E-state index contributed by atoms with van der Waals surface area (Å²) in [6.07, 6.45) is 5.63. The van der Waals surface area contributed by atoms with Crippen LogP contribution in [-0.4, -0.2) is 50.0 Å². The third-order valence-electron chi connectivity index (χ3n) is 4.53. The fourth-order valence-electron chi connectivity index (χ4n) is 3.19. The van der Waals surface area contributed by atoms with E-state index >= 15 is 0 Å². The molecule has 0 aliphatic carbocycles. The Morgan fingerprint density at radius 2 is 1.88 bits per heavy atom. The normalized spacial score (nSPS) is 16.8. The Kier molecular flexibility index (Phi) is 4.88. The number of fused-ring (bicyclic) bond motifs is 1. The molecule has 0 bridgehead atoms. The van der Waals surface area contributed by atoms with Crippen LogP contribution in [0.1, 0.15) is 18.4 Å². The number of carbonyl (C=O) groups is 1. The SMILES string of the molecule is O=C(Cn1nc2ccccc2n1)N(Cc1ccncc1)C[C@@H]1CCCO1. The Morgan fingerprint density at radius 3 is 2.54 bits per heavy atom. The van der Waals surface area contributed by atoms with E-state index in [0.717, 1.165) is 36.0 Å². The highest BCUT2D eigenvalue weighted by molar-refractivity contribution is 5.77. The van der Waals surface area contributed by atoms with Crippen molar-refractivity contribution in [2.45, 2.75) is 32.0 Å². The van der Waals surface area contributed by atoms with E-state index < -0.39 is 0 Å². The van der Waals surface area contributed by atoms with E-state index in [1.165, 1.54) is 4.80 Å². The monoisotopic (exact) mass is 351 g/mol. The van der Waals surface area contributed by atoms with Crippen molar-refractivity contribution in [3.63, 3.8) is 0 Å². The molecule has 1 amide bonds. The average molecular weight is 351 g/mol. The molecular formula is C19H21N5O2. The van der Waals surface area contributed by atoms with E-state index in [0.29, 0.717) is 13.1 Å². The van der Waals surface area contributed by atoms with Gasteiger partial charge in [0.15, 0.2) is 0 Å². The van der Waals surface area contributed by atoms with Gasteiger partial charge in [0, 0.05) is 32.1 Å². The zero-order valence-electron chi connectivity index (χ0n) is 14.5. The van der Waals surface area contributed by atoms with E-state index in [2.05, 4.69) is 15.2 Å². The largest absolute Gasteiger partial charge is 0.376 e. The van der Waals surface area contributed by atoms with Crippen molar-refractivity contribution in [3.8, 4) is 0 Å². The van der Waals surface area contributed by atoms with Crippen molar-refractivity contribution in [1.29, 1.82) is 0 Å². The molecule has 0 radical (unpaired) electrons. The number of pyridine rings is 1. The van der Waals surface area contributed by atoms with Crippen molar-refractivity contribution < 1.29 is 9.53 Å². The lowest BCUT2D eigenvalue weighted by molar-refractivity contribution is -0.134. The Bertz CT molecular complexity index is 841. The molecule has 1 aliphatic heterocycles. The summed E-state index contributed by atoms with van der Waals surface area (Å²) in [5, 5.41) is 8.78. The number of amides is 1. The molecule has 1 atom stereocenters. The highest BCUT2D eigenvalue weighted by atomic mass is 16.5. The van der Waals surface area contributed by atoms with E-state index in [-0.39, 0.29) is 18.6 Å². The maximum Gasteiger partial charge on any atom is 0.246 e. The minimum absolute atomic E-state index is 0.0161. The van der Waals surface area contributed by atoms with Gasteiger partial charge in [-0.3, -0.25) is 9.78 Å². The van der Waals surface area contributed by atoms with Gasteiger partial charge in [0.1, 0.15) is 17.6 Å². The van der Waals surface area contributed by atoms with Crippen LogP contribution in [0.4, 0.5) is 0 Å². The molecule has 1 saturated heterocycles. The predicted molar refractivity (Wildman–Crippen MR) is 96.2 cm³/mol. The van der Waals surface area contributed by atoms with Crippen molar-refractivity contribution in [1.82, 2.24) is 24.9 Å². The molecule has 26 heavy (non-hydrogen) atoms. The van der Waals surface area contributed by atoms with Crippen LogP contribution in [-0.2, 0) is 22.6 Å². The molecule has 7 heteroatoms. The number of rotatable bonds is 6. The third-order valence-corrected chi connectivity index (χ3v) is 4.53. The minimum Gasteiger partial charge on any atom is -0.376 e. The van der Waals surface area contributed by atoms with Gasteiger partial charge in [-0.15, -0.1) is 0 Å². The summed E-state index contributed by atoms with van der Waals surface area (Å²) < 4.78 is 5.73. The van der Waals surface area contributed by atoms with Crippen LogP contribution in [0.3, 0.4) is 0 Å². The van der Waals surface area contributed by atoms with E-state index in [9.17, 15) is 4.79 Å². The third kappa shape index (κ3) is 3.88. The number of nitrogens with zero attached hydrogens (tertiary/aromatic N) is 5. The van der Waals surface area contributed by atoms with E-state index in [4.69, 9.17) is 4.74 Å². The fraction of sp³-hybridized carbons (Fsp3) is 0.368. The smallest absolute Gasteiger partial charge is 0.246 e. The summed E-state index contributed by atoms with van der Waals surface area (Å²) in [6.45, 7) is 2.00. The summed E-state index contributed by atoms with van der Waals surface area (Å²) in [7, 11) is 0. The molecule has 134 valence electrons. The average Bonchev–Trinajstić information content (AvgIpc) is 3.31.